The van der Waals surface area contributed by atoms with Crippen LogP contribution in [-0.2, 0) is 6.54 Å². The summed E-state index contributed by atoms with van der Waals surface area (Å²) in [6.45, 7) is 5.71. The van der Waals surface area contributed by atoms with Crippen molar-refractivity contribution in [2.75, 3.05) is 12.8 Å². The number of thioether (sulfide) groups is 1. The number of rotatable bonds is 6. The molecular weight excluding hydrogens is 198 g/mol. The van der Waals surface area contributed by atoms with Crippen molar-refractivity contribution in [1.29, 1.82) is 0 Å². The summed E-state index contributed by atoms with van der Waals surface area (Å²) >= 11 is 1.89. The SMILES string of the molecule is CSC(C)CCNCc1noc(C)n1. The van der Waals surface area contributed by atoms with Crippen LogP contribution in [0.2, 0.25) is 0 Å². The lowest BCUT2D eigenvalue weighted by Gasteiger charge is -2.07. The van der Waals surface area contributed by atoms with Gasteiger partial charge in [-0.2, -0.15) is 16.7 Å². The molecule has 80 valence electrons. The minimum atomic E-state index is 0.624. The third kappa shape index (κ3) is 4.11. The summed E-state index contributed by atoms with van der Waals surface area (Å²) in [6, 6.07) is 0. The zero-order valence-electron chi connectivity index (χ0n) is 8.91. The molecule has 0 amide bonds. The number of nitrogens with one attached hydrogen (secondary N) is 1. The summed E-state index contributed by atoms with van der Waals surface area (Å²) in [4.78, 5) is 4.10. The molecule has 0 aliphatic heterocycles. The van der Waals surface area contributed by atoms with Crippen LogP contribution in [0.1, 0.15) is 25.1 Å². The van der Waals surface area contributed by atoms with Gasteiger partial charge in [0, 0.05) is 12.2 Å². The van der Waals surface area contributed by atoms with Crippen LogP contribution in [0.3, 0.4) is 0 Å². The zero-order chi connectivity index (χ0) is 10.4. The van der Waals surface area contributed by atoms with E-state index in [1.54, 1.807) is 6.92 Å². The molecule has 1 aromatic heterocycles. The third-order valence-corrected chi connectivity index (χ3v) is 3.02. The molecule has 1 aromatic rings. The van der Waals surface area contributed by atoms with Gasteiger partial charge in [-0.15, -0.1) is 0 Å². The maximum atomic E-state index is 4.86. The van der Waals surface area contributed by atoms with E-state index in [0.29, 0.717) is 17.7 Å². The van der Waals surface area contributed by atoms with Crippen LogP contribution >= 0.6 is 11.8 Å². The van der Waals surface area contributed by atoms with Crippen LogP contribution < -0.4 is 5.32 Å². The Bertz CT molecular complexity index is 264. The Labute approximate surface area is 88.8 Å². The van der Waals surface area contributed by atoms with Crippen molar-refractivity contribution in [3.63, 3.8) is 0 Å². The van der Waals surface area contributed by atoms with Crippen molar-refractivity contribution in [2.45, 2.75) is 32.1 Å². The fourth-order valence-corrected chi connectivity index (χ4v) is 1.39. The largest absolute Gasteiger partial charge is 0.340 e. The molecule has 0 aliphatic rings. The standard InChI is InChI=1S/C9H17N3OS/c1-7(14-3)4-5-10-6-9-11-8(2)13-12-9/h7,10H,4-6H2,1-3H3. The average molecular weight is 215 g/mol. The molecule has 0 aliphatic carbocycles. The highest BCUT2D eigenvalue weighted by Crippen LogP contribution is 2.07. The number of aryl methyl sites for hydroxylation is 1. The van der Waals surface area contributed by atoms with Gasteiger partial charge in [-0.3, -0.25) is 0 Å². The van der Waals surface area contributed by atoms with Gasteiger partial charge in [0.15, 0.2) is 5.82 Å². The minimum Gasteiger partial charge on any atom is -0.340 e. The molecule has 0 fully saturated rings. The summed E-state index contributed by atoms with van der Waals surface area (Å²) in [7, 11) is 0. The Hall–Kier alpha value is -0.550. The van der Waals surface area contributed by atoms with E-state index in [1.807, 2.05) is 11.8 Å². The van der Waals surface area contributed by atoms with Gasteiger partial charge >= 0.3 is 0 Å². The predicted molar refractivity (Wildman–Crippen MR) is 58.3 cm³/mol. The first-order valence-corrected chi connectivity index (χ1v) is 6.04. The van der Waals surface area contributed by atoms with E-state index in [4.69, 9.17) is 4.52 Å². The van der Waals surface area contributed by atoms with Crippen LogP contribution in [0, 0.1) is 6.92 Å². The number of hydrogen-bond donors (Lipinski definition) is 1. The van der Waals surface area contributed by atoms with Crippen molar-refractivity contribution in [2.24, 2.45) is 0 Å². The van der Waals surface area contributed by atoms with E-state index in [1.165, 1.54) is 0 Å². The van der Waals surface area contributed by atoms with Gasteiger partial charge in [0.1, 0.15) is 0 Å². The molecule has 0 spiro atoms. The fourth-order valence-electron chi connectivity index (χ4n) is 1.04. The molecular formula is C9H17N3OS. The highest BCUT2D eigenvalue weighted by atomic mass is 32.2. The molecule has 0 saturated carbocycles. The second-order valence-electron chi connectivity index (χ2n) is 3.24. The lowest BCUT2D eigenvalue weighted by atomic mass is 10.3. The van der Waals surface area contributed by atoms with Crippen molar-refractivity contribution in [3.05, 3.63) is 11.7 Å². The minimum absolute atomic E-state index is 0.624. The van der Waals surface area contributed by atoms with E-state index in [-0.39, 0.29) is 0 Å². The van der Waals surface area contributed by atoms with Crippen molar-refractivity contribution in [1.82, 2.24) is 15.5 Å². The number of nitrogens with zero attached hydrogens (tertiary/aromatic N) is 2. The molecule has 1 unspecified atom stereocenters. The quantitative estimate of drug-likeness (QED) is 0.731. The summed E-state index contributed by atoms with van der Waals surface area (Å²) in [5.74, 6) is 1.36. The number of aromatic nitrogens is 2. The second kappa shape index (κ2) is 6.03. The lowest BCUT2D eigenvalue weighted by molar-refractivity contribution is 0.385. The highest BCUT2D eigenvalue weighted by Gasteiger charge is 2.02. The van der Waals surface area contributed by atoms with Crippen LogP contribution in [0.25, 0.3) is 0 Å². The van der Waals surface area contributed by atoms with Gasteiger partial charge < -0.3 is 9.84 Å². The van der Waals surface area contributed by atoms with Crippen molar-refractivity contribution in [3.8, 4) is 0 Å². The normalized spacial score (nSPS) is 13.1. The third-order valence-electron chi connectivity index (χ3n) is 1.98. The van der Waals surface area contributed by atoms with E-state index < -0.39 is 0 Å². The van der Waals surface area contributed by atoms with Crippen LogP contribution in [-0.4, -0.2) is 28.2 Å². The molecule has 1 N–H and O–H groups in total. The molecule has 1 atom stereocenters. The van der Waals surface area contributed by atoms with Gasteiger partial charge in [0.2, 0.25) is 5.89 Å². The Morgan fingerprint density at radius 1 is 1.57 bits per heavy atom. The Morgan fingerprint density at radius 2 is 2.36 bits per heavy atom. The molecule has 14 heavy (non-hydrogen) atoms. The summed E-state index contributed by atoms with van der Waals surface area (Å²) in [5.41, 5.74) is 0. The lowest BCUT2D eigenvalue weighted by Crippen LogP contribution is -2.18. The molecule has 5 heteroatoms. The fraction of sp³-hybridized carbons (Fsp3) is 0.778. The van der Waals surface area contributed by atoms with Gasteiger partial charge in [0.25, 0.3) is 0 Å². The van der Waals surface area contributed by atoms with E-state index in [9.17, 15) is 0 Å². The van der Waals surface area contributed by atoms with E-state index in [0.717, 1.165) is 18.8 Å². The zero-order valence-corrected chi connectivity index (χ0v) is 9.73. The topological polar surface area (TPSA) is 51.0 Å². The maximum Gasteiger partial charge on any atom is 0.223 e. The van der Waals surface area contributed by atoms with E-state index >= 15 is 0 Å². The monoisotopic (exact) mass is 215 g/mol. The summed E-state index contributed by atoms with van der Waals surface area (Å²) < 4.78 is 4.86. The summed E-state index contributed by atoms with van der Waals surface area (Å²) in [6.07, 6.45) is 3.30. The first-order valence-electron chi connectivity index (χ1n) is 4.75. The first-order chi connectivity index (χ1) is 6.72. The summed E-state index contributed by atoms with van der Waals surface area (Å²) in [5, 5.41) is 7.78. The molecule has 0 radical (unpaired) electrons. The average Bonchev–Trinajstić information content (AvgIpc) is 2.58. The van der Waals surface area contributed by atoms with Gasteiger partial charge in [-0.1, -0.05) is 12.1 Å². The smallest absolute Gasteiger partial charge is 0.223 e. The van der Waals surface area contributed by atoms with Gasteiger partial charge in [-0.05, 0) is 19.2 Å². The second-order valence-corrected chi connectivity index (χ2v) is 4.52. The van der Waals surface area contributed by atoms with Crippen LogP contribution in [0.5, 0.6) is 0 Å². The molecule has 0 saturated heterocycles. The van der Waals surface area contributed by atoms with Crippen LogP contribution in [0.4, 0.5) is 0 Å². The van der Waals surface area contributed by atoms with Crippen LogP contribution in [0.15, 0.2) is 4.52 Å². The van der Waals surface area contributed by atoms with Gasteiger partial charge in [-0.25, -0.2) is 0 Å². The number of hydrogen-bond acceptors (Lipinski definition) is 5. The van der Waals surface area contributed by atoms with Crippen molar-refractivity contribution < 1.29 is 4.52 Å². The Balaban J connectivity index is 2.10. The van der Waals surface area contributed by atoms with E-state index in [2.05, 4.69) is 28.6 Å². The molecule has 4 nitrogen and oxygen atoms in total. The predicted octanol–water partition coefficient (Wildman–Crippen LogP) is 1.61. The Kier molecular flexibility index (Phi) is 4.97. The molecule has 1 rings (SSSR count). The molecule has 0 aromatic carbocycles. The maximum absolute atomic E-state index is 4.86. The molecule has 0 bridgehead atoms. The van der Waals surface area contributed by atoms with Gasteiger partial charge in [0.05, 0.1) is 6.54 Å². The highest BCUT2D eigenvalue weighted by molar-refractivity contribution is 7.99. The first kappa shape index (κ1) is 11.5. The van der Waals surface area contributed by atoms with Crippen molar-refractivity contribution >= 4 is 11.8 Å². The Morgan fingerprint density at radius 3 is 2.93 bits per heavy atom. The molecule has 1 heterocycles.